The van der Waals surface area contributed by atoms with Gasteiger partial charge in [-0.1, -0.05) is 29.2 Å². The average Bonchev–Trinajstić information content (AvgIpc) is 3.22. The number of carbonyl (C=O) groups is 1. The zero-order valence-corrected chi connectivity index (χ0v) is 19.1. The first-order chi connectivity index (χ1) is 15.2. The van der Waals surface area contributed by atoms with Gasteiger partial charge in [-0.3, -0.25) is 10.1 Å². The Morgan fingerprint density at radius 3 is 2.44 bits per heavy atom. The molecule has 1 amide bonds. The zero-order chi connectivity index (χ0) is 22.9. The van der Waals surface area contributed by atoms with Crippen LogP contribution in [0.25, 0.3) is 11.5 Å². The van der Waals surface area contributed by atoms with Crippen molar-refractivity contribution in [1.82, 2.24) is 14.5 Å². The zero-order valence-electron chi connectivity index (χ0n) is 18.3. The van der Waals surface area contributed by atoms with Crippen LogP contribution in [0.3, 0.4) is 0 Å². The number of benzene rings is 2. The first kappa shape index (κ1) is 22.2. The van der Waals surface area contributed by atoms with E-state index in [0.717, 1.165) is 29.5 Å². The lowest BCUT2D eigenvalue weighted by Gasteiger charge is -2.30. The van der Waals surface area contributed by atoms with E-state index in [9.17, 15) is 13.2 Å². The Morgan fingerprint density at radius 1 is 1.09 bits per heavy atom. The maximum Gasteiger partial charge on any atom is 0.322 e. The summed E-state index contributed by atoms with van der Waals surface area (Å²) in [6.45, 7) is 7.05. The Balaban J connectivity index is 1.46. The molecule has 8 nitrogen and oxygen atoms in total. The summed E-state index contributed by atoms with van der Waals surface area (Å²) in [5, 5.41) is 10.5. The number of anilines is 1. The number of nitrogens with zero attached hydrogens (tertiary/aromatic N) is 3. The first-order valence-electron chi connectivity index (χ1n) is 10.6. The molecular formula is C23H26N4O4S. The minimum absolute atomic E-state index is 0.0249. The Kier molecular flexibility index (Phi) is 6.12. The van der Waals surface area contributed by atoms with Gasteiger partial charge in [-0.05, 0) is 69.0 Å². The highest BCUT2D eigenvalue weighted by Gasteiger charge is 2.28. The van der Waals surface area contributed by atoms with Crippen LogP contribution in [0, 0.1) is 19.8 Å². The molecule has 1 aliphatic heterocycles. The van der Waals surface area contributed by atoms with Gasteiger partial charge in [-0.25, -0.2) is 8.42 Å². The fourth-order valence-corrected chi connectivity index (χ4v) is 5.55. The maximum absolute atomic E-state index is 12.9. The van der Waals surface area contributed by atoms with Crippen molar-refractivity contribution in [2.45, 2.75) is 38.5 Å². The van der Waals surface area contributed by atoms with E-state index in [0.29, 0.717) is 30.5 Å². The van der Waals surface area contributed by atoms with Crippen LogP contribution in [-0.2, 0) is 10.0 Å². The van der Waals surface area contributed by atoms with Crippen LogP contribution in [0.15, 0.2) is 51.8 Å². The number of hydrogen-bond acceptors (Lipinski definition) is 6. The number of amides is 1. The van der Waals surface area contributed by atoms with Crippen molar-refractivity contribution < 1.29 is 17.6 Å². The minimum atomic E-state index is -3.57. The van der Waals surface area contributed by atoms with Gasteiger partial charge in [0.2, 0.25) is 15.9 Å². The third kappa shape index (κ3) is 4.73. The molecule has 0 aliphatic carbocycles. The van der Waals surface area contributed by atoms with Gasteiger partial charge in [0.15, 0.2) is 0 Å². The van der Waals surface area contributed by atoms with Crippen LogP contribution in [0.1, 0.15) is 41.3 Å². The van der Waals surface area contributed by atoms with Gasteiger partial charge >= 0.3 is 6.01 Å². The number of sulfonamides is 1. The molecule has 0 bridgehead atoms. The topological polar surface area (TPSA) is 105 Å². The molecule has 1 saturated heterocycles. The van der Waals surface area contributed by atoms with Crippen LogP contribution in [0.5, 0.6) is 0 Å². The van der Waals surface area contributed by atoms with E-state index < -0.39 is 15.9 Å². The highest BCUT2D eigenvalue weighted by Crippen LogP contribution is 2.25. The largest absolute Gasteiger partial charge is 0.403 e. The van der Waals surface area contributed by atoms with Crippen molar-refractivity contribution >= 4 is 21.9 Å². The predicted octanol–water partition coefficient (Wildman–Crippen LogP) is 4.03. The molecule has 32 heavy (non-hydrogen) atoms. The number of carbonyl (C=O) groups excluding carboxylic acids is 1. The molecule has 1 atom stereocenters. The number of nitrogens with one attached hydrogen (secondary N) is 1. The quantitative estimate of drug-likeness (QED) is 0.624. The van der Waals surface area contributed by atoms with Crippen molar-refractivity contribution in [1.29, 1.82) is 0 Å². The summed E-state index contributed by atoms with van der Waals surface area (Å²) >= 11 is 0. The van der Waals surface area contributed by atoms with E-state index in [2.05, 4.69) is 22.4 Å². The van der Waals surface area contributed by atoms with Crippen molar-refractivity contribution in [3.05, 3.63) is 59.2 Å². The van der Waals surface area contributed by atoms with Gasteiger partial charge in [0.05, 0.1) is 4.90 Å². The van der Waals surface area contributed by atoms with Gasteiger partial charge < -0.3 is 4.42 Å². The molecule has 1 unspecified atom stereocenters. The fraction of sp³-hybridized carbons (Fsp3) is 0.348. The summed E-state index contributed by atoms with van der Waals surface area (Å²) in [6, 6.07) is 11.7. The molecule has 0 radical (unpaired) electrons. The molecule has 3 aromatic rings. The molecule has 2 aromatic carbocycles. The smallest absolute Gasteiger partial charge is 0.322 e. The normalized spacial score (nSPS) is 17.3. The first-order valence-corrected chi connectivity index (χ1v) is 12.0. The Bertz CT molecular complexity index is 1210. The van der Waals surface area contributed by atoms with E-state index in [1.54, 1.807) is 0 Å². The number of hydrogen-bond donors (Lipinski definition) is 1. The van der Waals surface area contributed by atoms with Gasteiger partial charge in [0.25, 0.3) is 5.91 Å². The van der Waals surface area contributed by atoms with Gasteiger partial charge in [0, 0.05) is 24.2 Å². The van der Waals surface area contributed by atoms with E-state index >= 15 is 0 Å². The van der Waals surface area contributed by atoms with Gasteiger partial charge in [-0.15, -0.1) is 5.10 Å². The lowest BCUT2D eigenvalue weighted by Crippen LogP contribution is -2.39. The highest BCUT2D eigenvalue weighted by atomic mass is 32.2. The molecular weight excluding hydrogens is 428 g/mol. The summed E-state index contributed by atoms with van der Waals surface area (Å²) in [5.74, 6) is 0.187. The second kappa shape index (κ2) is 8.84. The monoisotopic (exact) mass is 454 g/mol. The maximum atomic E-state index is 12.9. The Morgan fingerprint density at radius 2 is 1.78 bits per heavy atom. The summed E-state index contributed by atoms with van der Waals surface area (Å²) < 4.78 is 32.9. The molecule has 2 heterocycles. The highest BCUT2D eigenvalue weighted by molar-refractivity contribution is 7.89. The third-order valence-electron chi connectivity index (χ3n) is 5.49. The summed E-state index contributed by atoms with van der Waals surface area (Å²) in [4.78, 5) is 12.8. The lowest BCUT2D eigenvalue weighted by molar-refractivity contribution is 0.102. The second-order valence-electron chi connectivity index (χ2n) is 8.38. The van der Waals surface area contributed by atoms with E-state index in [1.165, 1.54) is 28.6 Å². The average molecular weight is 455 g/mol. The molecule has 0 spiro atoms. The van der Waals surface area contributed by atoms with Gasteiger partial charge in [-0.2, -0.15) is 4.31 Å². The van der Waals surface area contributed by atoms with Crippen molar-refractivity contribution in [2.24, 2.45) is 5.92 Å². The van der Waals surface area contributed by atoms with E-state index in [1.807, 2.05) is 32.0 Å². The predicted molar refractivity (Wildman–Crippen MR) is 121 cm³/mol. The number of aromatic nitrogens is 2. The summed E-state index contributed by atoms with van der Waals surface area (Å²) in [7, 11) is -3.57. The minimum Gasteiger partial charge on any atom is -0.403 e. The van der Waals surface area contributed by atoms with E-state index in [4.69, 9.17) is 4.42 Å². The standard InChI is InChI=1S/C23H26N4O4S/c1-15-5-4-10-27(14-15)32(29,30)20-8-6-18(7-9-20)21(28)24-23-26-25-22(31-23)19-12-16(2)11-17(3)13-19/h6-9,11-13,15H,4-5,10,14H2,1-3H3,(H,24,26,28). The molecule has 168 valence electrons. The molecule has 1 aromatic heterocycles. The molecule has 0 saturated carbocycles. The summed E-state index contributed by atoms with van der Waals surface area (Å²) in [6.07, 6.45) is 1.89. The van der Waals surface area contributed by atoms with Crippen LogP contribution in [0.4, 0.5) is 6.01 Å². The van der Waals surface area contributed by atoms with Crippen molar-refractivity contribution in [3.63, 3.8) is 0 Å². The number of rotatable bonds is 5. The van der Waals surface area contributed by atoms with Gasteiger partial charge in [0.1, 0.15) is 0 Å². The molecule has 9 heteroatoms. The lowest BCUT2D eigenvalue weighted by atomic mass is 10.0. The SMILES string of the molecule is Cc1cc(C)cc(-c2nnc(NC(=O)c3ccc(S(=O)(=O)N4CCCC(C)C4)cc3)o2)c1. The van der Waals surface area contributed by atoms with Crippen LogP contribution in [0.2, 0.25) is 0 Å². The number of aryl methyl sites for hydroxylation is 2. The molecule has 4 rings (SSSR count). The molecule has 1 N–H and O–H groups in total. The van der Waals surface area contributed by atoms with Crippen LogP contribution < -0.4 is 5.32 Å². The fourth-order valence-electron chi connectivity index (χ4n) is 3.95. The van der Waals surface area contributed by atoms with Crippen LogP contribution in [-0.4, -0.2) is 41.9 Å². The Labute approximate surface area is 187 Å². The number of piperidine rings is 1. The Hall–Kier alpha value is -3.04. The van der Waals surface area contributed by atoms with Crippen molar-refractivity contribution in [3.8, 4) is 11.5 Å². The molecule has 1 aliphatic rings. The van der Waals surface area contributed by atoms with Crippen LogP contribution >= 0.6 is 0 Å². The van der Waals surface area contributed by atoms with E-state index in [-0.39, 0.29) is 10.9 Å². The summed E-state index contributed by atoms with van der Waals surface area (Å²) in [5.41, 5.74) is 3.20. The molecule has 1 fully saturated rings. The third-order valence-corrected chi connectivity index (χ3v) is 7.37. The second-order valence-corrected chi connectivity index (χ2v) is 10.3. The van der Waals surface area contributed by atoms with Crippen molar-refractivity contribution in [2.75, 3.05) is 18.4 Å².